The van der Waals surface area contributed by atoms with E-state index in [2.05, 4.69) is 4.74 Å². The van der Waals surface area contributed by atoms with Crippen molar-refractivity contribution in [3.63, 3.8) is 0 Å². The van der Waals surface area contributed by atoms with Crippen LogP contribution in [0.2, 0.25) is 0 Å². The summed E-state index contributed by atoms with van der Waals surface area (Å²) in [6.45, 7) is 6.49. The number of alkyl halides is 2. The minimum Gasteiger partial charge on any atom is -0.469 e. The maximum absolute atomic E-state index is 15.3. The minimum atomic E-state index is -1.58. The third kappa shape index (κ3) is 6.19. The van der Waals surface area contributed by atoms with Crippen molar-refractivity contribution in [1.82, 2.24) is 0 Å². The molecular formula is C33H48F2O10S2. The largest absolute Gasteiger partial charge is 0.469 e. The molecule has 266 valence electrons. The van der Waals surface area contributed by atoms with Gasteiger partial charge in [-0.1, -0.05) is 13.8 Å². The maximum atomic E-state index is 15.3. The van der Waals surface area contributed by atoms with Crippen molar-refractivity contribution in [3.05, 3.63) is 0 Å². The van der Waals surface area contributed by atoms with Crippen LogP contribution in [0.4, 0.5) is 8.78 Å². The van der Waals surface area contributed by atoms with Gasteiger partial charge in [0.1, 0.15) is 46.6 Å². The molecule has 2 saturated heterocycles. The van der Waals surface area contributed by atoms with Gasteiger partial charge in [-0.3, -0.25) is 19.2 Å². The van der Waals surface area contributed by atoms with Crippen LogP contribution in [0.5, 0.6) is 0 Å². The number of thioether (sulfide) groups is 2. The molecule has 0 aromatic rings. The Morgan fingerprint density at radius 2 is 1.23 bits per heavy atom. The normalized spacial score (nSPS) is 45.5. The van der Waals surface area contributed by atoms with E-state index in [4.69, 9.17) is 14.2 Å². The standard InChI is InChI=1S/C17H25FO5S.C16H23FO5S/c1-9(14(19)22-3)6-7-24-13-12-15(20)23-11-5-4-10(17(11,12)21)8-16(13,2)18;1-8(13(18)21-3)7-23-12-11-14(19)22-10-5-4-9(16(10,11)20)6-15(12,2)17/h9-13,21H,4-8H2,1-3H3;8-12,20H,4-7H2,1-3H3/t9-,10+,11+,12?,13-,16-,17+;8-,9+,10+,11?,12-,15+,16+/m00/s1. The van der Waals surface area contributed by atoms with E-state index < -0.39 is 74.9 Å². The first-order chi connectivity index (χ1) is 21.9. The van der Waals surface area contributed by atoms with E-state index in [-0.39, 0.29) is 42.5 Å². The van der Waals surface area contributed by atoms with Gasteiger partial charge in [-0.15, -0.1) is 0 Å². The summed E-state index contributed by atoms with van der Waals surface area (Å²) in [5, 5.41) is 20.8. The second kappa shape index (κ2) is 13.2. The van der Waals surface area contributed by atoms with Crippen molar-refractivity contribution in [3.8, 4) is 0 Å². The summed E-state index contributed by atoms with van der Waals surface area (Å²) in [4.78, 5) is 47.6. The van der Waals surface area contributed by atoms with Crippen LogP contribution in [0.25, 0.3) is 0 Å². The van der Waals surface area contributed by atoms with Crippen LogP contribution < -0.4 is 0 Å². The quantitative estimate of drug-likeness (QED) is 0.266. The fourth-order valence-corrected chi connectivity index (χ4v) is 12.4. The number of carbonyl (C=O) groups is 4. The van der Waals surface area contributed by atoms with E-state index in [1.165, 1.54) is 51.6 Å². The molecule has 0 radical (unpaired) electrons. The third-order valence-corrected chi connectivity index (χ3v) is 15.0. The number of hydrogen-bond donors (Lipinski definition) is 2. The molecule has 0 amide bonds. The van der Waals surface area contributed by atoms with E-state index in [0.717, 1.165) is 0 Å². The topological polar surface area (TPSA) is 146 Å². The number of esters is 4. The molecular weight excluding hydrogens is 658 g/mol. The second-order valence-electron chi connectivity index (χ2n) is 14.8. The SMILES string of the molecule is COC(=O)[C@@H](C)CCS[C@H]1C2C(=O)O[C@@H]3CC[C@H](C[C@]1(C)F)[C@]23O.COC(=O)[C@@H](C)CS[C@H]1C2C(=O)O[C@@H]3CC[C@H](C[C@@]1(C)F)[C@]23O. The van der Waals surface area contributed by atoms with Gasteiger partial charge in [0.2, 0.25) is 0 Å². The van der Waals surface area contributed by atoms with Crippen LogP contribution in [-0.2, 0) is 38.1 Å². The summed E-state index contributed by atoms with van der Waals surface area (Å²) in [7, 11) is 2.66. The third-order valence-electron chi connectivity index (χ3n) is 11.6. The zero-order valence-corrected chi connectivity index (χ0v) is 29.5. The summed E-state index contributed by atoms with van der Waals surface area (Å²) >= 11 is 2.56. The molecule has 2 N–H and O–H groups in total. The Labute approximate surface area is 283 Å². The van der Waals surface area contributed by atoms with Gasteiger partial charge in [0, 0.05) is 5.75 Å². The van der Waals surface area contributed by atoms with Crippen molar-refractivity contribution in [2.45, 2.75) is 118 Å². The first-order valence-corrected chi connectivity index (χ1v) is 18.7. The van der Waals surface area contributed by atoms with Crippen molar-refractivity contribution in [2.24, 2.45) is 35.5 Å². The second-order valence-corrected chi connectivity index (χ2v) is 17.2. The lowest BCUT2D eigenvalue weighted by Crippen LogP contribution is -2.60. The number of aliphatic hydroxyl groups is 2. The highest BCUT2D eigenvalue weighted by atomic mass is 32.2. The highest BCUT2D eigenvalue weighted by Gasteiger charge is 2.73. The molecule has 0 aromatic heterocycles. The minimum absolute atomic E-state index is 0.220. The molecule has 6 rings (SSSR count). The summed E-state index contributed by atoms with van der Waals surface area (Å²) in [6, 6.07) is 0. The fourth-order valence-electron chi connectivity index (χ4n) is 9.08. The van der Waals surface area contributed by atoms with E-state index in [9.17, 15) is 29.4 Å². The number of ether oxygens (including phenoxy) is 4. The smallest absolute Gasteiger partial charge is 0.313 e. The number of rotatable bonds is 9. The zero-order valence-electron chi connectivity index (χ0n) is 27.9. The molecule has 4 aliphatic carbocycles. The number of halogens is 2. The van der Waals surface area contributed by atoms with Crippen LogP contribution in [0.15, 0.2) is 0 Å². The van der Waals surface area contributed by atoms with Crippen molar-refractivity contribution < 1.29 is 57.1 Å². The predicted octanol–water partition coefficient (Wildman–Crippen LogP) is 3.81. The van der Waals surface area contributed by atoms with Crippen LogP contribution in [0.3, 0.4) is 0 Å². The lowest BCUT2D eigenvalue weighted by Gasteiger charge is -2.47. The number of methoxy groups -OCH3 is 2. The highest BCUT2D eigenvalue weighted by Crippen LogP contribution is 2.61. The first kappa shape index (κ1) is 36.6. The van der Waals surface area contributed by atoms with Gasteiger partial charge in [0.05, 0.1) is 36.6 Å². The lowest BCUT2D eigenvalue weighted by molar-refractivity contribution is -0.147. The zero-order chi connectivity index (χ0) is 34.7. The molecule has 6 fully saturated rings. The molecule has 0 bridgehead atoms. The van der Waals surface area contributed by atoms with E-state index >= 15 is 8.78 Å². The average molecular weight is 707 g/mol. The van der Waals surface area contributed by atoms with E-state index in [0.29, 0.717) is 43.6 Å². The predicted molar refractivity (Wildman–Crippen MR) is 170 cm³/mol. The Morgan fingerprint density at radius 3 is 1.68 bits per heavy atom. The molecule has 0 spiro atoms. The molecule has 47 heavy (non-hydrogen) atoms. The van der Waals surface area contributed by atoms with Gasteiger partial charge in [-0.05, 0) is 76.4 Å². The van der Waals surface area contributed by atoms with Crippen molar-refractivity contribution in [2.75, 3.05) is 25.7 Å². The Bertz CT molecular complexity index is 1250. The van der Waals surface area contributed by atoms with Crippen molar-refractivity contribution in [1.29, 1.82) is 0 Å². The molecule has 0 aromatic carbocycles. The molecule has 4 saturated carbocycles. The van der Waals surface area contributed by atoms with Crippen molar-refractivity contribution >= 4 is 47.4 Å². The fraction of sp³-hybridized carbons (Fsp3) is 0.879. The number of hydrogen-bond acceptors (Lipinski definition) is 12. The van der Waals surface area contributed by atoms with E-state index in [1.807, 2.05) is 0 Å². The van der Waals surface area contributed by atoms with Gasteiger partial charge in [0.25, 0.3) is 0 Å². The monoisotopic (exact) mass is 706 g/mol. The summed E-state index contributed by atoms with van der Waals surface area (Å²) in [6.07, 6.45) is 2.58. The summed E-state index contributed by atoms with van der Waals surface area (Å²) in [5.74, 6) is -3.60. The van der Waals surface area contributed by atoms with Crippen LogP contribution in [0.1, 0.15) is 72.6 Å². The molecule has 14 heteroatoms. The Morgan fingerprint density at radius 1 is 0.809 bits per heavy atom. The van der Waals surface area contributed by atoms with Gasteiger partial charge < -0.3 is 29.2 Å². The number of carbonyl (C=O) groups excluding carboxylic acids is 4. The summed E-state index contributed by atoms with van der Waals surface area (Å²) < 4.78 is 50.6. The molecule has 2 aliphatic heterocycles. The van der Waals surface area contributed by atoms with Crippen LogP contribution in [0, 0.1) is 35.5 Å². The van der Waals surface area contributed by atoms with E-state index in [1.54, 1.807) is 13.8 Å². The van der Waals surface area contributed by atoms with Crippen LogP contribution in [-0.4, -0.2) is 105 Å². The molecule has 2 heterocycles. The Kier molecular flexibility index (Phi) is 10.3. The molecule has 10 nitrogen and oxygen atoms in total. The Balaban J connectivity index is 0.000000185. The Hall–Kier alpha value is -1.64. The lowest BCUT2D eigenvalue weighted by atomic mass is 9.65. The molecule has 6 aliphatic rings. The summed E-state index contributed by atoms with van der Waals surface area (Å²) in [5.41, 5.74) is -5.61. The highest BCUT2D eigenvalue weighted by molar-refractivity contribution is 8.00. The first-order valence-electron chi connectivity index (χ1n) is 16.6. The average Bonchev–Trinajstić information content (AvgIpc) is 3.66. The van der Waals surface area contributed by atoms with Gasteiger partial charge in [-0.25, -0.2) is 8.78 Å². The molecule has 14 atom stereocenters. The van der Waals surface area contributed by atoms with Gasteiger partial charge >= 0.3 is 23.9 Å². The van der Waals surface area contributed by atoms with Gasteiger partial charge in [0.15, 0.2) is 0 Å². The van der Waals surface area contributed by atoms with Crippen LogP contribution >= 0.6 is 23.5 Å². The maximum Gasteiger partial charge on any atom is 0.313 e. The molecule has 2 unspecified atom stereocenters. The van der Waals surface area contributed by atoms with Gasteiger partial charge in [-0.2, -0.15) is 23.5 Å².